The minimum absolute atomic E-state index is 0.461. The summed E-state index contributed by atoms with van der Waals surface area (Å²) in [6, 6.07) is 0. The van der Waals surface area contributed by atoms with Crippen molar-refractivity contribution in [2.45, 2.75) is 59.7 Å². The van der Waals surface area contributed by atoms with Gasteiger partial charge in [0.1, 0.15) is 42.1 Å². The molecule has 0 aromatic rings. The molecule has 142 valence electrons. The van der Waals surface area contributed by atoms with E-state index in [4.69, 9.17) is 14.2 Å². The first-order valence-electron chi connectivity index (χ1n) is 7.46. The maximum atomic E-state index is 10.2. The van der Waals surface area contributed by atoms with Crippen LogP contribution in [0.1, 0.15) is 0 Å². The Kier molecular flexibility index (Phi) is 7.22. The SMILES string of the molecule is CO[C@H]1O[C@H](CO)[C@@H](O[C@H]2S[C@H](CO)[C@@H](O)[C@H](O)[C@H]2O)[C@H](O)[C@H]1O. The molecule has 0 saturated carbocycles. The van der Waals surface area contributed by atoms with Crippen molar-refractivity contribution >= 4 is 11.8 Å². The van der Waals surface area contributed by atoms with Crippen LogP contribution in [0.5, 0.6) is 0 Å². The van der Waals surface area contributed by atoms with Gasteiger partial charge >= 0.3 is 0 Å². The van der Waals surface area contributed by atoms with Crippen molar-refractivity contribution in [1.82, 2.24) is 0 Å². The summed E-state index contributed by atoms with van der Waals surface area (Å²) in [4.78, 5) is 0. The van der Waals surface area contributed by atoms with E-state index in [9.17, 15) is 35.7 Å². The third-order valence-electron chi connectivity index (χ3n) is 4.19. The summed E-state index contributed by atoms with van der Waals surface area (Å²) >= 11 is 0.874. The number of ether oxygens (including phenoxy) is 3. The van der Waals surface area contributed by atoms with E-state index < -0.39 is 72.9 Å². The molecule has 10 nitrogen and oxygen atoms in total. The molecule has 0 radical (unpaired) electrons. The van der Waals surface area contributed by atoms with Gasteiger partial charge in [0.25, 0.3) is 0 Å². The molecule has 0 aromatic carbocycles. The molecule has 2 saturated heterocycles. The molecule has 0 unspecified atom stereocenters. The van der Waals surface area contributed by atoms with Crippen molar-refractivity contribution in [3.8, 4) is 0 Å². The molecule has 0 spiro atoms. The lowest BCUT2D eigenvalue weighted by Gasteiger charge is -2.45. The normalized spacial score (nSPS) is 50.0. The van der Waals surface area contributed by atoms with Gasteiger partial charge < -0.3 is 50.0 Å². The zero-order valence-corrected chi connectivity index (χ0v) is 13.8. The molecule has 2 fully saturated rings. The van der Waals surface area contributed by atoms with Gasteiger partial charge in [-0.15, -0.1) is 11.8 Å². The second-order valence-corrected chi connectivity index (χ2v) is 7.08. The van der Waals surface area contributed by atoms with E-state index in [0.29, 0.717) is 0 Å². The maximum absolute atomic E-state index is 10.2. The molecule has 0 aromatic heterocycles. The Morgan fingerprint density at radius 1 is 0.875 bits per heavy atom. The largest absolute Gasteiger partial charge is 0.395 e. The minimum atomic E-state index is -1.56. The number of aliphatic hydroxyl groups excluding tert-OH is 7. The van der Waals surface area contributed by atoms with E-state index in [2.05, 4.69) is 0 Å². The summed E-state index contributed by atoms with van der Waals surface area (Å²) in [5, 5.41) is 67.7. The van der Waals surface area contributed by atoms with Crippen LogP contribution < -0.4 is 0 Å². The van der Waals surface area contributed by atoms with E-state index >= 15 is 0 Å². The van der Waals surface area contributed by atoms with Crippen LogP contribution >= 0.6 is 11.8 Å². The Labute approximate surface area is 142 Å². The third-order valence-corrected chi connectivity index (χ3v) is 5.63. The fourth-order valence-electron chi connectivity index (χ4n) is 2.75. The first kappa shape index (κ1) is 20.3. The highest BCUT2D eigenvalue weighted by atomic mass is 32.2. The molecule has 0 bridgehead atoms. The molecule has 11 heteroatoms. The molecule has 2 rings (SSSR count). The maximum Gasteiger partial charge on any atom is 0.186 e. The lowest BCUT2D eigenvalue weighted by atomic mass is 9.98. The molecule has 2 aliphatic rings. The van der Waals surface area contributed by atoms with E-state index in [1.165, 1.54) is 7.11 Å². The summed E-state index contributed by atoms with van der Waals surface area (Å²) in [5.74, 6) is 0. The van der Waals surface area contributed by atoms with Crippen molar-refractivity contribution in [2.24, 2.45) is 0 Å². The van der Waals surface area contributed by atoms with Gasteiger partial charge in [-0.25, -0.2) is 0 Å². The summed E-state index contributed by atoms with van der Waals surface area (Å²) in [5.41, 5.74) is -1.12. The fraction of sp³-hybridized carbons (Fsp3) is 1.00. The molecule has 2 heterocycles. The average Bonchev–Trinajstić information content (AvgIpc) is 2.59. The molecular weight excluding hydrogens is 348 g/mol. The third kappa shape index (κ3) is 3.86. The van der Waals surface area contributed by atoms with Crippen LogP contribution in [-0.4, -0.2) is 116 Å². The first-order valence-corrected chi connectivity index (χ1v) is 8.41. The molecule has 24 heavy (non-hydrogen) atoms. The summed E-state index contributed by atoms with van der Waals surface area (Å²) in [6.07, 6.45) is -10.8. The predicted molar refractivity (Wildman–Crippen MR) is 79.9 cm³/mol. The number of rotatable bonds is 5. The van der Waals surface area contributed by atoms with Gasteiger partial charge in [0.05, 0.1) is 24.6 Å². The van der Waals surface area contributed by atoms with E-state index in [0.717, 1.165) is 11.8 Å². The van der Waals surface area contributed by atoms with E-state index in [1.54, 1.807) is 0 Å². The van der Waals surface area contributed by atoms with Crippen molar-refractivity contribution in [2.75, 3.05) is 20.3 Å². The number of thioether (sulfide) groups is 1. The smallest absolute Gasteiger partial charge is 0.186 e. The molecule has 0 amide bonds. The summed E-state index contributed by atoms with van der Waals surface area (Å²) < 4.78 is 15.7. The minimum Gasteiger partial charge on any atom is -0.395 e. The summed E-state index contributed by atoms with van der Waals surface area (Å²) in [6.45, 7) is -1.01. The Morgan fingerprint density at radius 3 is 2.08 bits per heavy atom. The standard InChI is InChI=1S/C13H24O10S/c1-21-12-9(19)8(18)11(4(2-14)22-12)23-13-10(20)7(17)6(16)5(3-15)24-13/h4-20H,2-3H2,1H3/t4-,5-,6-,7+,8-,9-,10-,11-,12+,13+/m1/s1. The van der Waals surface area contributed by atoms with Crippen LogP contribution in [0.3, 0.4) is 0 Å². The van der Waals surface area contributed by atoms with Crippen molar-refractivity contribution < 1.29 is 50.0 Å². The number of aliphatic hydroxyl groups is 7. The molecule has 0 aliphatic carbocycles. The highest BCUT2D eigenvalue weighted by Crippen LogP contribution is 2.36. The van der Waals surface area contributed by atoms with Crippen LogP contribution in [0.2, 0.25) is 0 Å². The number of hydrogen-bond acceptors (Lipinski definition) is 11. The molecule has 7 N–H and O–H groups in total. The highest BCUT2D eigenvalue weighted by Gasteiger charge is 2.50. The van der Waals surface area contributed by atoms with Crippen LogP contribution in [0, 0.1) is 0 Å². The van der Waals surface area contributed by atoms with Crippen LogP contribution in [0.4, 0.5) is 0 Å². The number of hydrogen-bond donors (Lipinski definition) is 7. The van der Waals surface area contributed by atoms with Gasteiger partial charge in [-0.3, -0.25) is 0 Å². The van der Waals surface area contributed by atoms with Crippen LogP contribution in [0.25, 0.3) is 0 Å². The van der Waals surface area contributed by atoms with Gasteiger partial charge in [0.15, 0.2) is 6.29 Å². The zero-order chi connectivity index (χ0) is 18.0. The predicted octanol–water partition coefficient (Wildman–Crippen LogP) is -4.03. The summed E-state index contributed by atoms with van der Waals surface area (Å²) in [7, 11) is 1.26. The average molecular weight is 372 g/mol. The van der Waals surface area contributed by atoms with Crippen molar-refractivity contribution in [3.05, 3.63) is 0 Å². The Morgan fingerprint density at radius 2 is 1.54 bits per heavy atom. The lowest BCUT2D eigenvalue weighted by molar-refractivity contribution is -0.306. The van der Waals surface area contributed by atoms with E-state index in [-0.39, 0.29) is 0 Å². The van der Waals surface area contributed by atoms with Gasteiger partial charge in [-0.1, -0.05) is 0 Å². The van der Waals surface area contributed by atoms with Crippen LogP contribution in [-0.2, 0) is 14.2 Å². The quantitative estimate of drug-likeness (QED) is 0.251. The van der Waals surface area contributed by atoms with Gasteiger partial charge in [-0.05, 0) is 0 Å². The van der Waals surface area contributed by atoms with Gasteiger partial charge in [0, 0.05) is 7.11 Å². The van der Waals surface area contributed by atoms with Gasteiger partial charge in [0.2, 0.25) is 0 Å². The first-order chi connectivity index (χ1) is 11.3. The Balaban J connectivity index is 2.12. The zero-order valence-electron chi connectivity index (χ0n) is 13.0. The number of methoxy groups -OCH3 is 1. The Bertz CT molecular complexity index is 397. The second kappa shape index (κ2) is 8.56. The van der Waals surface area contributed by atoms with Gasteiger partial charge in [-0.2, -0.15) is 0 Å². The molecule has 10 atom stereocenters. The monoisotopic (exact) mass is 372 g/mol. The highest BCUT2D eigenvalue weighted by molar-refractivity contribution is 8.00. The molecule has 2 aliphatic heterocycles. The topological polar surface area (TPSA) is 169 Å². The molecular formula is C13H24O10S. The Hall–Kier alpha value is -0.0500. The van der Waals surface area contributed by atoms with Crippen molar-refractivity contribution in [1.29, 1.82) is 0 Å². The second-order valence-electron chi connectivity index (χ2n) is 5.74. The van der Waals surface area contributed by atoms with Crippen LogP contribution in [0.15, 0.2) is 0 Å². The fourth-order valence-corrected chi connectivity index (χ4v) is 4.02. The van der Waals surface area contributed by atoms with Crippen molar-refractivity contribution in [3.63, 3.8) is 0 Å². The van der Waals surface area contributed by atoms with E-state index in [1.807, 2.05) is 0 Å². The lowest BCUT2D eigenvalue weighted by Crippen LogP contribution is -2.62.